The first-order valence-corrected chi connectivity index (χ1v) is 12.1. The van der Waals surface area contributed by atoms with E-state index in [1.165, 1.54) is 5.57 Å². The van der Waals surface area contributed by atoms with Crippen molar-refractivity contribution in [2.75, 3.05) is 0 Å². The Kier molecular flexibility index (Phi) is 3.69. The van der Waals surface area contributed by atoms with Crippen LogP contribution in [-0.4, -0.2) is 28.8 Å². The maximum atomic E-state index is 4.77. The zero-order valence-electron chi connectivity index (χ0n) is 15.1. The third-order valence-electron chi connectivity index (χ3n) is 4.58. The van der Waals surface area contributed by atoms with Gasteiger partial charge in [0.1, 0.15) is 8.07 Å². The molecule has 0 N–H and O–H groups in total. The molecule has 1 aromatic heterocycles. The molecule has 1 aliphatic heterocycles. The van der Waals surface area contributed by atoms with E-state index < -0.39 is 8.07 Å². The van der Waals surface area contributed by atoms with Crippen LogP contribution in [0, 0.1) is 5.92 Å². The summed E-state index contributed by atoms with van der Waals surface area (Å²) in [6.07, 6.45) is 10.8. The lowest BCUT2D eigenvalue weighted by Crippen LogP contribution is -2.38. The molecule has 126 valence electrons. The highest BCUT2D eigenvalue weighted by Gasteiger charge is 2.22. The Bertz CT molecular complexity index is 937. The molecule has 0 saturated heterocycles. The highest BCUT2D eigenvalue weighted by molar-refractivity contribution is 6.88. The monoisotopic (exact) mass is 346 g/mol. The van der Waals surface area contributed by atoms with E-state index >= 15 is 0 Å². The average molecular weight is 347 g/mol. The summed E-state index contributed by atoms with van der Waals surface area (Å²) in [5.74, 6) is 0.314. The molecule has 0 radical (unpaired) electrons. The maximum Gasteiger partial charge on any atom is 0.106 e. The fourth-order valence-electron chi connectivity index (χ4n) is 3.02. The van der Waals surface area contributed by atoms with Gasteiger partial charge in [-0.05, 0) is 36.8 Å². The molecule has 0 amide bonds. The number of nitrogens with zero attached hydrogens (tertiary/aromatic N) is 4. The number of benzene rings is 1. The van der Waals surface area contributed by atoms with Gasteiger partial charge in [-0.25, -0.2) is 4.68 Å². The van der Waals surface area contributed by atoms with Crippen LogP contribution in [0.5, 0.6) is 0 Å². The van der Waals surface area contributed by atoms with Gasteiger partial charge in [-0.15, -0.1) is 5.10 Å². The molecule has 4 nitrogen and oxygen atoms in total. The van der Waals surface area contributed by atoms with Gasteiger partial charge in [-0.1, -0.05) is 54.7 Å². The molecule has 1 unspecified atom stereocenters. The fourth-order valence-corrected chi connectivity index (χ4v) is 3.88. The van der Waals surface area contributed by atoms with Crippen LogP contribution >= 0.6 is 0 Å². The average Bonchev–Trinajstić information content (AvgIpc) is 3.21. The van der Waals surface area contributed by atoms with Gasteiger partial charge in [0.25, 0.3) is 0 Å². The van der Waals surface area contributed by atoms with Crippen LogP contribution in [0.3, 0.4) is 0 Å². The zero-order chi connectivity index (χ0) is 17.6. The van der Waals surface area contributed by atoms with Crippen LogP contribution in [0.15, 0.2) is 65.3 Å². The van der Waals surface area contributed by atoms with Crippen molar-refractivity contribution in [2.45, 2.75) is 26.6 Å². The minimum Gasteiger partial charge on any atom is -0.252 e. The molecule has 4 rings (SSSR count). The number of fused-ring (bicyclic) bond motifs is 1. The van der Waals surface area contributed by atoms with E-state index in [1.807, 2.05) is 4.68 Å². The van der Waals surface area contributed by atoms with Gasteiger partial charge in [-0.3, -0.25) is 4.99 Å². The lowest BCUT2D eigenvalue weighted by atomic mass is 9.95. The molecule has 25 heavy (non-hydrogen) atoms. The van der Waals surface area contributed by atoms with Crippen molar-refractivity contribution >= 4 is 24.8 Å². The Morgan fingerprint density at radius 3 is 2.44 bits per heavy atom. The molecule has 5 heteroatoms. The smallest absolute Gasteiger partial charge is 0.106 e. The van der Waals surface area contributed by atoms with Crippen molar-refractivity contribution in [3.63, 3.8) is 0 Å². The Morgan fingerprint density at radius 2 is 1.76 bits per heavy atom. The molecule has 1 aromatic carbocycles. The minimum atomic E-state index is -1.43. The van der Waals surface area contributed by atoms with E-state index in [0.717, 1.165) is 28.0 Å². The van der Waals surface area contributed by atoms with E-state index in [9.17, 15) is 0 Å². The summed E-state index contributed by atoms with van der Waals surface area (Å²) >= 11 is 0. The van der Waals surface area contributed by atoms with E-state index in [0.29, 0.717) is 5.92 Å². The molecule has 0 saturated carbocycles. The van der Waals surface area contributed by atoms with E-state index in [-0.39, 0.29) is 0 Å². The van der Waals surface area contributed by atoms with E-state index in [4.69, 9.17) is 4.99 Å². The third-order valence-corrected chi connectivity index (χ3v) is 6.34. The highest BCUT2D eigenvalue weighted by Crippen LogP contribution is 2.30. The molecule has 1 aliphatic carbocycles. The summed E-state index contributed by atoms with van der Waals surface area (Å²) < 4.78 is 1.86. The second kappa shape index (κ2) is 5.77. The molecule has 1 atom stereocenters. The van der Waals surface area contributed by atoms with Crippen molar-refractivity contribution in [1.82, 2.24) is 15.0 Å². The number of aromatic nitrogens is 3. The first kappa shape index (κ1) is 16.0. The second-order valence-corrected chi connectivity index (χ2v) is 12.7. The lowest BCUT2D eigenvalue weighted by molar-refractivity contribution is 0.804. The summed E-state index contributed by atoms with van der Waals surface area (Å²) in [6, 6.07) is 8.38. The maximum absolute atomic E-state index is 4.77. The quantitative estimate of drug-likeness (QED) is 0.795. The number of allylic oxidation sites excluding steroid dienone is 5. The SMILES string of the molecule is CC1=CC2C=C(c3ccc(-n4cc([Si](C)(C)C)nn4)cc3)N=C2C=C1. The van der Waals surface area contributed by atoms with Gasteiger partial charge in [-0.2, -0.15) is 0 Å². The molecular weight excluding hydrogens is 324 g/mol. The van der Waals surface area contributed by atoms with Crippen LogP contribution in [0.2, 0.25) is 19.6 Å². The van der Waals surface area contributed by atoms with Crippen LogP contribution in [0.1, 0.15) is 12.5 Å². The van der Waals surface area contributed by atoms with Crippen LogP contribution in [0.25, 0.3) is 11.4 Å². The van der Waals surface area contributed by atoms with E-state index in [1.54, 1.807) is 0 Å². The summed E-state index contributed by atoms with van der Waals surface area (Å²) in [7, 11) is -1.43. The van der Waals surface area contributed by atoms with Crippen molar-refractivity contribution in [3.05, 3.63) is 65.9 Å². The third kappa shape index (κ3) is 3.07. The second-order valence-electron chi connectivity index (χ2n) is 7.70. The lowest BCUT2D eigenvalue weighted by Gasteiger charge is -2.09. The van der Waals surface area contributed by atoms with Gasteiger partial charge in [0.2, 0.25) is 0 Å². The number of rotatable bonds is 3. The largest absolute Gasteiger partial charge is 0.252 e. The molecule has 2 aromatic rings. The van der Waals surface area contributed by atoms with Gasteiger partial charge >= 0.3 is 0 Å². The summed E-state index contributed by atoms with van der Waals surface area (Å²) in [4.78, 5) is 4.77. The summed E-state index contributed by atoms with van der Waals surface area (Å²) in [6.45, 7) is 8.96. The Hall–Kier alpha value is -2.53. The molecule has 0 bridgehead atoms. The Morgan fingerprint density at radius 1 is 1.00 bits per heavy atom. The normalized spacial score (nSPS) is 19.4. The first-order valence-electron chi connectivity index (χ1n) is 8.61. The molecule has 0 fully saturated rings. The minimum absolute atomic E-state index is 0.314. The van der Waals surface area contributed by atoms with Gasteiger partial charge in [0, 0.05) is 12.1 Å². The van der Waals surface area contributed by atoms with Gasteiger partial charge in [0.15, 0.2) is 0 Å². The van der Waals surface area contributed by atoms with Crippen LogP contribution in [-0.2, 0) is 0 Å². The predicted octanol–water partition coefficient (Wildman–Crippen LogP) is 3.74. The van der Waals surface area contributed by atoms with Crippen LogP contribution in [0.4, 0.5) is 0 Å². The van der Waals surface area contributed by atoms with Crippen molar-refractivity contribution in [2.24, 2.45) is 10.9 Å². The first-order chi connectivity index (χ1) is 11.9. The standard InChI is InChI=1S/C20H22N4Si/c1-14-5-10-18-16(11-14)12-19(21-18)15-6-8-17(9-7-15)24-13-20(22-23-24)25(2,3)4/h5-13,16H,1-4H3. The van der Waals surface area contributed by atoms with Crippen LogP contribution < -0.4 is 5.32 Å². The fraction of sp³-hybridized carbons (Fsp3) is 0.250. The number of hydrogen-bond donors (Lipinski definition) is 0. The molecular formula is C20H22N4Si. The molecule has 2 aliphatic rings. The van der Waals surface area contributed by atoms with Gasteiger partial charge in [0.05, 0.1) is 22.4 Å². The molecule has 0 spiro atoms. The summed E-state index contributed by atoms with van der Waals surface area (Å²) in [5.41, 5.74) is 5.63. The van der Waals surface area contributed by atoms with E-state index in [2.05, 4.69) is 91.6 Å². The van der Waals surface area contributed by atoms with Crippen molar-refractivity contribution < 1.29 is 0 Å². The Labute approximate surface area is 149 Å². The van der Waals surface area contributed by atoms with Crippen molar-refractivity contribution in [1.29, 1.82) is 0 Å². The van der Waals surface area contributed by atoms with Gasteiger partial charge < -0.3 is 0 Å². The summed E-state index contributed by atoms with van der Waals surface area (Å²) in [5, 5.41) is 9.76. The van der Waals surface area contributed by atoms with Crippen molar-refractivity contribution in [3.8, 4) is 5.69 Å². The highest BCUT2D eigenvalue weighted by atomic mass is 28.3. The molecule has 2 heterocycles. The zero-order valence-corrected chi connectivity index (χ0v) is 16.1. The topological polar surface area (TPSA) is 43.1 Å². The predicted molar refractivity (Wildman–Crippen MR) is 106 cm³/mol. The number of aliphatic imine (C=N–C) groups is 1. The Balaban J connectivity index is 1.59. The number of hydrogen-bond acceptors (Lipinski definition) is 3.